The standard InChI is InChI=1S/C16H12F3N5O/c1-20-9-13-14(23-24-22-13)10-4-2-5-11(8-10)25-15-12(16(17,18)19)6-3-7-21-15/h2-9H,1H3,(H,22,23,24). The molecule has 0 aliphatic rings. The molecule has 0 spiro atoms. The number of benzene rings is 1. The maximum absolute atomic E-state index is 13.0. The predicted molar refractivity (Wildman–Crippen MR) is 84.6 cm³/mol. The Kier molecular flexibility index (Phi) is 4.46. The fraction of sp³-hybridized carbons (Fsp3) is 0.125. The van der Waals surface area contributed by atoms with Crippen molar-refractivity contribution in [2.75, 3.05) is 7.05 Å². The summed E-state index contributed by atoms with van der Waals surface area (Å²) in [7, 11) is 1.59. The van der Waals surface area contributed by atoms with Crippen molar-refractivity contribution in [3.63, 3.8) is 0 Å². The number of H-pyrrole nitrogens is 1. The average Bonchev–Trinajstić information content (AvgIpc) is 3.03. The van der Waals surface area contributed by atoms with Crippen molar-refractivity contribution in [2.45, 2.75) is 6.18 Å². The van der Waals surface area contributed by atoms with Gasteiger partial charge in [0.15, 0.2) is 0 Å². The van der Waals surface area contributed by atoms with E-state index in [4.69, 9.17) is 4.74 Å². The molecule has 0 aliphatic carbocycles. The van der Waals surface area contributed by atoms with Crippen molar-refractivity contribution < 1.29 is 17.9 Å². The Labute approximate surface area is 140 Å². The Morgan fingerprint density at radius 3 is 2.76 bits per heavy atom. The van der Waals surface area contributed by atoms with Crippen LogP contribution in [0, 0.1) is 0 Å². The SMILES string of the molecule is CN=Cc1n[nH]nc1-c1cccc(Oc2ncccc2C(F)(F)F)c1. The van der Waals surface area contributed by atoms with Gasteiger partial charge in [-0.05, 0) is 24.3 Å². The van der Waals surface area contributed by atoms with E-state index in [1.165, 1.54) is 24.5 Å². The maximum atomic E-state index is 13.0. The van der Waals surface area contributed by atoms with Gasteiger partial charge < -0.3 is 4.74 Å². The molecule has 0 aliphatic heterocycles. The molecule has 25 heavy (non-hydrogen) atoms. The first kappa shape index (κ1) is 16.6. The number of hydrogen-bond acceptors (Lipinski definition) is 5. The summed E-state index contributed by atoms with van der Waals surface area (Å²) < 4.78 is 44.5. The van der Waals surface area contributed by atoms with Gasteiger partial charge in [-0.2, -0.15) is 28.6 Å². The van der Waals surface area contributed by atoms with E-state index in [9.17, 15) is 13.2 Å². The van der Waals surface area contributed by atoms with Gasteiger partial charge in [0.25, 0.3) is 0 Å². The summed E-state index contributed by atoms with van der Waals surface area (Å²) in [6.45, 7) is 0. The molecule has 0 bridgehead atoms. The first-order chi connectivity index (χ1) is 12.0. The molecule has 3 aromatic rings. The number of nitrogens with zero attached hydrogens (tertiary/aromatic N) is 4. The number of halogens is 3. The number of hydrogen-bond donors (Lipinski definition) is 1. The zero-order chi connectivity index (χ0) is 17.9. The van der Waals surface area contributed by atoms with Crippen LogP contribution in [0.4, 0.5) is 13.2 Å². The summed E-state index contributed by atoms with van der Waals surface area (Å²) in [4.78, 5) is 7.56. The van der Waals surface area contributed by atoms with E-state index in [0.29, 0.717) is 17.0 Å². The van der Waals surface area contributed by atoms with Crippen LogP contribution >= 0.6 is 0 Å². The van der Waals surface area contributed by atoms with Gasteiger partial charge in [0.1, 0.15) is 22.7 Å². The monoisotopic (exact) mass is 347 g/mol. The highest BCUT2D eigenvalue weighted by molar-refractivity contribution is 5.86. The van der Waals surface area contributed by atoms with Crippen LogP contribution in [-0.4, -0.2) is 33.7 Å². The van der Waals surface area contributed by atoms with Crippen LogP contribution in [0.2, 0.25) is 0 Å². The highest BCUT2D eigenvalue weighted by Gasteiger charge is 2.35. The highest BCUT2D eigenvalue weighted by atomic mass is 19.4. The van der Waals surface area contributed by atoms with Crippen molar-refractivity contribution in [1.29, 1.82) is 0 Å². The number of pyridine rings is 1. The second-order valence-electron chi connectivity index (χ2n) is 4.93. The normalized spacial score (nSPS) is 11.8. The smallest absolute Gasteiger partial charge is 0.421 e. The number of alkyl halides is 3. The second-order valence-corrected chi connectivity index (χ2v) is 4.93. The topological polar surface area (TPSA) is 76.0 Å². The van der Waals surface area contributed by atoms with Crippen LogP contribution in [0.5, 0.6) is 11.6 Å². The van der Waals surface area contributed by atoms with Crippen LogP contribution in [0.25, 0.3) is 11.3 Å². The van der Waals surface area contributed by atoms with Gasteiger partial charge in [0.2, 0.25) is 5.88 Å². The van der Waals surface area contributed by atoms with E-state index in [1.807, 2.05) is 0 Å². The minimum atomic E-state index is -4.56. The zero-order valence-corrected chi connectivity index (χ0v) is 12.9. The fourth-order valence-electron chi connectivity index (χ4n) is 2.17. The van der Waals surface area contributed by atoms with Gasteiger partial charge in [-0.3, -0.25) is 4.99 Å². The molecule has 1 N–H and O–H groups in total. The van der Waals surface area contributed by atoms with Crippen LogP contribution in [0.3, 0.4) is 0 Å². The molecule has 128 valence electrons. The van der Waals surface area contributed by atoms with Crippen molar-refractivity contribution >= 4 is 6.21 Å². The van der Waals surface area contributed by atoms with Gasteiger partial charge in [-0.15, -0.1) is 0 Å². The number of rotatable bonds is 4. The molecule has 0 fully saturated rings. The lowest BCUT2D eigenvalue weighted by Crippen LogP contribution is -2.08. The molecule has 0 saturated heterocycles. The molecular weight excluding hydrogens is 335 g/mol. The quantitative estimate of drug-likeness (QED) is 0.730. The van der Waals surface area contributed by atoms with Gasteiger partial charge in [-0.1, -0.05) is 12.1 Å². The van der Waals surface area contributed by atoms with E-state index < -0.39 is 17.6 Å². The molecule has 9 heteroatoms. The number of aliphatic imine (C=N–C) groups is 1. The summed E-state index contributed by atoms with van der Waals surface area (Å²) in [5, 5.41) is 10.5. The summed E-state index contributed by atoms with van der Waals surface area (Å²) >= 11 is 0. The summed E-state index contributed by atoms with van der Waals surface area (Å²) in [5.74, 6) is -0.313. The Morgan fingerprint density at radius 2 is 2.00 bits per heavy atom. The summed E-state index contributed by atoms with van der Waals surface area (Å²) in [5.41, 5.74) is 0.688. The lowest BCUT2D eigenvalue weighted by molar-refractivity contribution is -0.138. The van der Waals surface area contributed by atoms with E-state index in [1.54, 1.807) is 25.2 Å². The van der Waals surface area contributed by atoms with E-state index in [-0.39, 0.29) is 5.75 Å². The Hall–Kier alpha value is -3.23. The van der Waals surface area contributed by atoms with E-state index in [0.717, 1.165) is 6.07 Å². The molecule has 0 radical (unpaired) electrons. The van der Waals surface area contributed by atoms with Crippen molar-refractivity contribution in [3.05, 3.63) is 53.9 Å². The molecular formula is C16H12F3N5O. The first-order valence-corrected chi connectivity index (χ1v) is 7.12. The number of ether oxygens (including phenoxy) is 1. The third kappa shape index (κ3) is 3.65. The maximum Gasteiger partial charge on any atom is 0.421 e. The lowest BCUT2D eigenvalue weighted by atomic mass is 10.1. The largest absolute Gasteiger partial charge is 0.438 e. The van der Waals surface area contributed by atoms with Crippen LogP contribution in [0.15, 0.2) is 47.6 Å². The van der Waals surface area contributed by atoms with Gasteiger partial charge >= 0.3 is 6.18 Å². The second kappa shape index (κ2) is 6.71. The van der Waals surface area contributed by atoms with Crippen molar-refractivity contribution in [2.24, 2.45) is 4.99 Å². The molecule has 0 saturated carbocycles. The van der Waals surface area contributed by atoms with E-state index >= 15 is 0 Å². The average molecular weight is 347 g/mol. The predicted octanol–water partition coefficient (Wildman–Crippen LogP) is 3.73. The molecule has 1 aromatic carbocycles. The summed E-state index contributed by atoms with van der Waals surface area (Å²) in [6.07, 6.45) is -1.80. The fourth-order valence-corrected chi connectivity index (χ4v) is 2.17. The Balaban J connectivity index is 1.95. The van der Waals surface area contributed by atoms with Gasteiger partial charge in [0.05, 0.1) is 6.21 Å². The number of aromatic amines is 1. The molecule has 0 amide bonds. The minimum Gasteiger partial charge on any atom is -0.438 e. The van der Waals surface area contributed by atoms with Crippen LogP contribution < -0.4 is 4.74 Å². The third-order valence-corrected chi connectivity index (χ3v) is 3.22. The van der Waals surface area contributed by atoms with Gasteiger partial charge in [0, 0.05) is 18.8 Å². The molecule has 0 unspecified atom stereocenters. The lowest BCUT2D eigenvalue weighted by Gasteiger charge is -2.12. The number of aromatic nitrogens is 4. The first-order valence-electron chi connectivity index (χ1n) is 7.12. The minimum absolute atomic E-state index is 0.198. The zero-order valence-electron chi connectivity index (χ0n) is 12.9. The summed E-state index contributed by atoms with van der Waals surface area (Å²) in [6, 6.07) is 8.59. The molecule has 2 aromatic heterocycles. The van der Waals surface area contributed by atoms with Crippen molar-refractivity contribution in [1.82, 2.24) is 20.4 Å². The Bertz CT molecular complexity index is 905. The van der Waals surface area contributed by atoms with Crippen LogP contribution in [0.1, 0.15) is 11.3 Å². The van der Waals surface area contributed by atoms with E-state index in [2.05, 4.69) is 25.4 Å². The molecule has 6 nitrogen and oxygen atoms in total. The number of nitrogens with one attached hydrogen (secondary N) is 1. The molecule has 3 rings (SSSR count). The van der Waals surface area contributed by atoms with Gasteiger partial charge in [-0.25, -0.2) is 4.98 Å². The third-order valence-electron chi connectivity index (χ3n) is 3.22. The molecule has 2 heterocycles. The van der Waals surface area contributed by atoms with Crippen molar-refractivity contribution in [3.8, 4) is 22.9 Å². The Morgan fingerprint density at radius 1 is 1.16 bits per heavy atom. The molecule has 0 atom stereocenters. The van der Waals surface area contributed by atoms with Crippen LogP contribution in [-0.2, 0) is 6.18 Å². The highest BCUT2D eigenvalue weighted by Crippen LogP contribution is 2.37.